The lowest BCUT2D eigenvalue weighted by Crippen LogP contribution is -2.13. The zero-order chi connectivity index (χ0) is 20.5. The van der Waals surface area contributed by atoms with Crippen LogP contribution in [0.2, 0.25) is 0 Å². The smallest absolute Gasteiger partial charge is 0.338 e. The molecule has 1 amide bonds. The molecule has 0 atom stereocenters. The first kappa shape index (κ1) is 21.0. The van der Waals surface area contributed by atoms with Crippen LogP contribution in [0.15, 0.2) is 48.5 Å². The normalized spacial score (nSPS) is 10.8. The summed E-state index contributed by atoms with van der Waals surface area (Å²) in [5.74, 6) is 0.503. The molecule has 0 radical (unpaired) electrons. The molecule has 2 aromatic carbocycles. The molecule has 0 aliphatic heterocycles. The third-order valence-corrected chi connectivity index (χ3v) is 3.62. The number of hydrogen-bond acceptors (Lipinski definition) is 5. The van der Waals surface area contributed by atoms with Gasteiger partial charge in [-0.2, -0.15) is 0 Å². The molecule has 6 heteroatoms. The van der Waals surface area contributed by atoms with Crippen LogP contribution >= 0.6 is 0 Å². The van der Waals surface area contributed by atoms with Crippen LogP contribution < -0.4 is 14.8 Å². The second-order valence-corrected chi connectivity index (χ2v) is 6.20. The van der Waals surface area contributed by atoms with E-state index in [-0.39, 0.29) is 12.0 Å². The number of carbonyl (C=O) groups excluding carboxylic acids is 2. The molecule has 148 valence electrons. The zero-order valence-electron chi connectivity index (χ0n) is 16.5. The molecule has 0 saturated heterocycles. The van der Waals surface area contributed by atoms with Crippen LogP contribution in [0.4, 0.5) is 5.69 Å². The van der Waals surface area contributed by atoms with Gasteiger partial charge in [-0.05, 0) is 62.7 Å². The van der Waals surface area contributed by atoms with Gasteiger partial charge in [0.2, 0.25) is 5.91 Å². The first-order valence-electron chi connectivity index (χ1n) is 9.04. The maximum Gasteiger partial charge on any atom is 0.338 e. The number of carbonyl (C=O) groups is 2. The van der Waals surface area contributed by atoms with Crippen molar-refractivity contribution < 1.29 is 23.8 Å². The van der Waals surface area contributed by atoms with Gasteiger partial charge in [-0.3, -0.25) is 4.79 Å². The molecule has 28 heavy (non-hydrogen) atoms. The Morgan fingerprint density at radius 3 is 2.57 bits per heavy atom. The van der Waals surface area contributed by atoms with E-state index in [2.05, 4.69) is 5.32 Å². The van der Waals surface area contributed by atoms with Crippen molar-refractivity contribution in [1.82, 2.24) is 0 Å². The van der Waals surface area contributed by atoms with E-state index < -0.39 is 5.97 Å². The van der Waals surface area contributed by atoms with E-state index in [4.69, 9.17) is 14.2 Å². The van der Waals surface area contributed by atoms with Crippen LogP contribution in [0.1, 0.15) is 36.7 Å². The summed E-state index contributed by atoms with van der Waals surface area (Å²) in [4.78, 5) is 24.2. The Kier molecular flexibility index (Phi) is 7.63. The minimum absolute atomic E-state index is 0.209. The van der Waals surface area contributed by atoms with E-state index in [9.17, 15) is 9.59 Å². The molecule has 2 aromatic rings. The highest BCUT2D eigenvalue weighted by atomic mass is 16.5. The SMILES string of the molecule is CCOc1ccc(/C=C/C(=O)Nc2cccc(C(=O)OC(C)C)c2)cc1OC. The number of methoxy groups -OCH3 is 1. The van der Waals surface area contributed by atoms with Crippen molar-refractivity contribution in [2.75, 3.05) is 19.0 Å². The van der Waals surface area contributed by atoms with E-state index in [1.807, 2.05) is 13.0 Å². The Morgan fingerprint density at radius 1 is 1.11 bits per heavy atom. The molecular weight excluding hydrogens is 358 g/mol. The van der Waals surface area contributed by atoms with Gasteiger partial charge in [-0.25, -0.2) is 4.79 Å². The van der Waals surface area contributed by atoms with Gasteiger partial charge in [0.05, 0.1) is 25.4 Å². The van der Waals surface area contributed by atoms with Gasteiger partial charge in [0.25, 0.3) is 0 Å². The van der Waals surface area contributed by atoms with E-state index in [0.29, 0.717) is 29.4 Å². The summed E-state index contributed by atoms with van der Waals surface area (Å²) in [6, 6.07) is 12.0. The number of esters is 1. The number of rotatable bonds is 8. The maximum absolute atomic E-state index is 12.2. The molecule has 0 spiro atoms. The summed E-state index contributed by atoms with van der Waals surface area (Å²) in [5.41, 5.74) is 1.69. The molecule has 0 aliphatic rings. The molecule has 0 saturated carbocycles. The number of benzene rings is 2. The van der Waals surface area contributed by atoms with E-state index in [1.165, 1.54) is 6.08 Å². The molecule has 0 aliphatic carbocycles. The molecule has 0 heterocycles. The number of ether oxygens (including phenoxy) is 3. The van der Waals surface area contributed by atoms with Crippen LogP contribution in [0, 0.1) is 0 Å². The highest BCUT2D eigenvalue weighted by molar-refractivity contribution is 6.02. The predicted octanol–water partition coefficient (Wildman–Crippen LogP) is 4.31. The Labute approximate surface area is 165 Å². The van der Waals surface area contributed by atoms with E-state index >= 15 is 0 Å². The van der Waals surface area contributed by atoms with Crippen LogP contribution in [-0.2, 0) is 9.53 Å². The number of amides is 1. The lowest BCUT2D eigenvalue weighted by molar-refractivity contribution is -0.111. The molecule has 0 aromatic heterocycles. The van der Waals surface area contributed by atoms with Gasteiger partial charge in [-0.15, -0.1) is 0 Å². The molecule has 0 unspecified atom stereocenters. The van der Waals surface area contributed by atoms with Crippen molar-refractivity contribution >= 4 is 23.6 Å². The average molecular weight is 383 g/mol. The fraction of sp³-hybridized carbons (Fsp3) is 0.273. The van der Waals surface area contributed by atoms with Crippen LogP contribution in [0.3, 0.4) is 0 Å². The van der Waals surface area contributed by atoms with Crippen molar-refractivity contribution in [3.8, 4) is 11.5 Å². The van der Waals surface area contributed by atoms with Crippen molar-refractivity contribution in [3.05, 3.63) is 59.7 Å². The fourth-order valence-electron chi connectivity index (χ4n) is 2.42. The van der Waals surface area contributed by atoms with Crippen molar-refractivity contribution in [2.45, 2.75) is 26.9 Å². The molecule has 6 nitrogen and oxygen atoms in total. The number of nitrogens with one attached hydrogen (secondary N) is 1. The fourth-order valence-corrected chi connectivity index (χ4v) is 2.42. The highest BCUT2D eigenvalue weighted by Crippen LogP contribution is 2.28. The van der Waals surface area contributed by atoms with Gasteiger partial charge in [-0.1, -0.05) is 12.1 Å². The molecular formula is C22H25NO5. The van der Waals surface area contributed by atoms with Gasteiger partial charge >= 0.3 is 5.97 Å². The van der Waals surface area contributed by atoms with Crippen LogP contribution in [0.5, 0.6) is 11.5 Å². The quantitative estimate of drug-likeness (QED) is 0.543. The van der Waals surface area contributed by atoms with E-state index in [1.54, 1.807) is 63.4 Å². The van der Waals surface area contributed by atoms with Crippen LogP contribution in [-0.4, -0.2) is 31.7 Å². The largest absolute Gasteiger partial charge is 0.493 e. The van der Waals surface area contributed by atoms with Crippen LogP contribution in [0.25, 0.3) is 6.08 Å². The summed E-state index contributed by atoms with van der Waals surface area (Å²) in [5, 5.41) is 2.73. The lowest BCUT2D eigenvalue weighted by Gasteiger charge is -2.10. The predicted molar refractivity (Wildman–Crippen MR) is 109 cm³/mol. The van der Waals surface area contributed by atoms with Crippen molar-refractivity contribution in [3.63, 3.8) is 0 Å². The van der Waals surface area contributed by atoms with Gasteiger partial charge in [0.1, 0.15) is 0 Å². The summed E-state index contributed by atoms with van der Waals surface area (Å²) in [6.07, 6.45) is 2.87. The monoisotopic (exact) mass is 383 g/mol. The highest BCUT2D eigenvalue weighted by Gasteiger charge is 2.10. The van der Waals surface area contributed by atoms with Gasteiger partial charge in [0.15, 0.2) is 11.5 Å². The third kappa shape index (κ3) is 6.16. The third-order valence-electron chi connectivity index (χ3n) is 3.62. The zero-order valence-corrected chi connectivity index (χ0v) is 16.5. The Morgan fingerprint density at radius 2 is 1.89 bits per heavy atom. The number of anilines is 1. The second-order valence-electron chi connectivity index (χ2n) is 6.20. The van der Waals surface area contributed by atoms with Gasteiger partial charge in [0, 0.05) is 11.8 Å². The molecule has 0 fully saturated rings. The summed E-state index contributed by atoms with van der Waals surface area (Å²) >= 11 is 0. The average Bonchev–Trinajstić information content (AvgIpc) is 2.67. The maximum atomic E-state index is 12.2. The Balaban J connectivity index is 2.05. The molecule has 1 N–H and O–H groups in total. The lowest BCUT2D eigenvalue weighted by atomic mass is 10.1. The number of hydrogen-bond donors (Lipinski definition) is 1. The Bertz CT molecular complexity index is 858. The van der Waals surface area contributed by atoms with Crippen molar-refractivity contribution in [1.29, 1.82) is 0 Å². The molecule has 2 rings (SSSR count). The minimum Gasteiger partial charge on any atom is -0.493 e. The standard InChI is InChI=1S/C22H25NO5/c1-5-27-19-11-9-16(13-20(19)26-4)10-12-21(24)23-18-8-6-7-17(14-18)22(25)28-15(2)3/h6-15H,5H2,1-4H3,(H,23,24)/b12-10+. The van der Waals surface area contributed by atoms with Crippen molar-refractivity contribution in [2.24, 2.45) is 0 Å². The second kappa shape index (κ2) is 10.2. The Hall–Kier alpha value is -3.28. The summed E-state index contributed by atoms with van der Waals surface area (Å²) in [6.45, 7) is 6.00. The first-order valence-corrected chi connectivity index (χ1v) is 9.04. The summed E-state index contributed by atoms with van der Waals surface area (Å²) in [7, 11) is 1.56. The molecule has 0 bridgehead atoms. The van der Waals surface area contributed by atoms with E-state index in [0.717, 1.165) is 5.56 Å². The van der Waals surface area contributed by atoms with Gasteiger partial charge < -0.3 is 19.5 Å². The summed E-state index contributed by atoms with van der Waals surface area (Å²) < 4.78 is 15.9. The first-order chi connectivity index (χ1) is 13.4. The minimum atomic E-state index is -0.428. The topological polar surface area (TPSA) is 73.9 Å².